The number of benzene rings is 1. The Bertz CT molecular complexity index is 570. The fraction of sp³-hybridized carbons (Fsp3) is 0.286. The number of fused-ring (bicyclic) bond motifs is 1. The number of aryl methyl sites for hydroxylation is 2. The second kappa shape index (κ2) is 4.86. The van der Waals surface area contributed by atoms with E-state index in [4.69, 9.17) is 28.9 Å². The summed E-state index contributed by atoms with van der Waals surface area (Å²) in [5.41, 5.74) is 8.68. The Kier molecular flexibility index (Phi) is 3.37. The van der Waals surface area contributed by atoms with Crippen LogP contribution < -0.4 is 5.73 Å². The Labute approximate surface area is 121 Å². The summed E-state index contributed by atoms with van der Waals surface area (Å²) in [5, 5.41) is 1.13. The molecule has 3 rings (SSSR count). The van der Waals surface area contributed by atoms with Crippen molar-refractivity contribution in [2.75, 3.05) is 0 Å². The Morgan fingerprint density at radius 2 is 2.06 bits per heavy atom. The van der Waals surface area contributed by atoms with E-state index in [-0.39, 0.29) is 6.04 Å². The first-order valence-corrected chi connectivity index (χ1v) is 7.55. The van der Waals surface area contributed by atoms with Crippen LogP contribution in [-0.2, 0) is 12.8 Å². The van der Waals surface area contributed by atoms with Crippen LogP contribution in [0.15, 0.2) is 24.3 Å². The highest BCUT2D eigenvalue weighted by atomic mass is 35.5. The molecule has 1 nitrogen and oxygen atoms in total. The van der Waals surface area contributed by atoms with Crippen LogP contribution in [0.1, 0.15) is 33.3 Å². The lowest BCUT2D eigenvalue weighted by molar-refractivity contribution is 0.882. The molecule has 0 saturated heterocycles. The summed E-state index contributed by atoms with van der Waals surface area (Å²) < 4.78 is 0. The first kappa shape index (κ1) is 12.5. The molecule has 1 heterocycles. The van der Waals surface area contributed by atoms with Crippen LogP contribution in [0.25, 0.3) is 0 Å². The van der Waals surface area contributed by atoms with Crippen LogP contribution >= 0.6 is 34.5 Å². The van der Waals surface area contributed by atoms with Crippen LogP contribution in [0.4, 0.5) is 0 Å². The van der Waals surface area contributed by atoms with Crippen molar-refractivity contribution in [3.05, 3.63) is 55.2 Å². The van der Waals surface area contributed by atoms with Crippen LogP contribution in [0, 0.1) is 0 Å². The van der Waals surface area contributed by atoms with E-state index < -0.39 is 0 Å². The highest BCUT2D eigenvalue weighted by Crippen LogP contribution is 2.38. The van der Waals surface area contributed by atoms with Gasteiger partial charge in [-0.3, -0.25) is 0 Å². The molecular weight excluding hydrogens is 285 g/mol. The van der Waals surface area contributed by atoms with E-state index in [1.54, 1.807) is 6.07 Å². The van der Waals surface area contributed by atoms with Gasteiger partial charge in [0, 0.05) is 9.75 Å². The fourth-order valence-corrected chi connectivity index (χ4v) is 4.12. The quantitative estimate of drug-likeness (QED) is 0.862. The lowest BCUT2D eigenvalue weighted by Gasteiger charge is -2.13. The normalized spacial score (nSPS) is 15.7. The zero-order chi connectivity index (χ0) is 12.7. The standard InChI is InChI=1S/C14H13Cl2NS/c15-10-5-2-4-9(13(10)16)14(17)12-7-8-3-1-6-11(8)18-12/h2,4-5,7,14H,1,3,6,17H2. The van der Waals surface area contributed by atoms with E-state index in [9.17, 15) is 0 Å². The number of hydrogen-bond donors (Lipinski definition) is 1. The van der Waals surface area contributed by atoms with Crippen molar-refractivity contribution < 1.29 is 0 Å². The van der Waals surface area contributed by atoms with Gasteiger partial charge in [0.05, 0.1) is 16.1 Å². The van der Waals surface area contributed by atoms with Gasteiger partial charge in [-0.25, -0.2) is 0 Å². The van der Waals surface area contributed by atoms with Gasteiger partial charge < -0.3 is 5.73 Å². The lowest BCUT2D eigenvalue weighted by Crippen LogP contribution is -2.11. The van der Waals surface area contributed by atoms with E-state index in [0.29, 0.717) is 10.0 Å². The molecule has 1 aromatic carbocycles. The molecule has 94 valence electrons. The first-order valence-electron chi connectivity index (χ1n) is 5.98. The Morgan fingerprint density at radius 1 is 1.22 bits per heavy atom. The van der Waals surface area contributed by atoms with E-state index in [2.05, 4.69) is 6.07 Å². The van der Waals surface area contributed by atoms with Crippen molar-refractivity contribution in [2.24, 2.45) is 5.73 Å². The van der Waals surface area contributed by atoms with E-state index in [1.165, 1.54) is 34.6 Å². The van der Waals surface area contributed by atoms with Crippen LogP contribution in [0.3, 0.4) is 0 Å². The summed E-state index contributed by atoms with van der Waals surface area (Å²) >= 11 is 14.1. The molecule has 0 aliphatic heterocycles. The molecule has 0 radical (unpaired) electrons. The molecule has 1 aliphatic carbocycles. The maximum Gasteiger partial charge on any atom is 0.0661 e. The van der Waals surface area contributed by atoms with Gasteiger partial charge in [-0.05, 0) is 42.5 Å². The van der Waals surface area contributed by atoms with Gasteiger partial charge in [0.25, 0.3) is 0 Å². The van der Waals surface area contributed by atoms with Crippen molar-refractivity contribution in [1.29, 1.82) is 0 Å². The third kappa shape index (κ3) is 2.08. The van der Waals surface area contributed by atoms with Crippen molar-refractivity contribution >= 4 is 34.5 Å². The topological polar surface area (TPSA) is 26.0 Å². The summed E-state index contributed by atoms with van der Waals surface area (Å²) in [4.78, 5) is 2.67. The van der Waals surface area contributed by atoms with Gasteiger partial charge in [-0.1, -0.05) is 35.3 Å². The molecule has 4 heteroatoms. The van der Waals surface area contributed by atoms with Gasteiger partial charge >= 0.3 is 0 Å². The maximum atomic E-state index is 6.31. The monoisotopic (exact) mass is 297 g/mol. The van der Waals surface area contributed by atoms with Crippen molar-refractivity contribution in [2.45, 2.75) is 25.3 Å². The molecule has 1 unspecified atom stereocenters. The summed E-state index contributed by atoms with van der Waals surface area (Å²) in [5.74, 6) is 0. The predicted octanol–water partition coefficient (Wildman–Crippen LogP) is 4.59. The molecule has 2 aromatic rings. The average Bonchev–Trinajstić information content (AvgIpc) is 2.92. The largest absolute Gasteiger partial charge is 0.320 e. The van der Waals surface area contributed by atoms with Gasteiger partial charge in [0.1, 0.15) is 0 Å². The second-order valence-corrected chi connectivity index (χ2v) is 6.52. The third-order valence-electron chi connectivity index (χ3n) is 3.39. The second-order valence-electron chi connectivity index (χ2n) is 4.57. The molecule has 0 amide bonds. The minimum absolute atomic E-state index is 0.174. The number of nitrogens with two attached hydrogens (primary N) is 1. The van der Waals surface area contributed by atoms with E-state index >= 15 is 0 Å². The lowest BCUT2D eigenvalue weighted by atomic mass is 10.1. The SMILES string of the molecule is NC(c1cc2c(s1)CCC2)c1cccc(Cl)c1Cl. The minimum atomic E-state index is -0.174. The van der Waals surface area contributed by atoms with Crippen LogP contribution in [0.5, 0.6) is 0 Å². The molecule has 1 aliphatic rings. The van der Waals surface area contributed by atoms with Crippen molar-refractivity contribution in [1.82, 2.24) is 0 Å². The van der Waals surface area contributed by atoms with Gasteiger partial charge in [0.15, 0.2) is 0 Å². The number of rotatable bonds is 2. The van der Waals surface area contributed by atoms with E-state index in [1.807, 2.05) is 23.5 Å². The summed E-state index contributed by atoms with van der Waals surface area (Å²) in [6.07, 6.45) is 3.65. The fourth-order valence-electron chi connectivity index (χ4n) is 2.42. The number of halogens is 2. The summed E-state index contributed by atoms with van der Waals surface area (Å²) in [6, 6.07) is 7.68. The highest BCUT2D eigenvalue weighted by molar-refractivity contribution is 7.12. The third-order valence-corrected chi connectivity index (χ3v) is 5.54. The first-order chi connectivity index (χ1) is 8.66. The van der Waals surface area contributed by atoms with Crippen molar-refractivity contribution in [3.63, 3.8) is 0 Å². The highest BCUT2D eigenvalue weighted by Gasteiger charge is 2.20. The van der Waals surface area contributed by atoms with E-state index in [0.717, 1.165) is 5.56 Å². The van der Waals surface area contributed by atoms with Gasteiger partial charge in [0.2, 0.25) is 0 Å². The Balaban J connectivity index is 1.98. The maximum absolute atomic E-state index is 6.31. The van der Waals surface area contributed by atoms with Crippen molar-refractivity contribution in [3.8, 4) is 0 Å². The smallest absolute Gasteiger partial charge is 0.0661 e. The Morgan fingerprint density at radius 3 is 2.83 bits per heavy atom. The van der Waals surface area contributed by atoms with Crippen LogP contribution in [0.2, 0.25) is 10.0 Å². The summed E-state index contributed by atoms with van der Waals surface area (Å²) in [6.45, 7) is 0. The molecular formula is C14H13Cl2NS. The molecule has 1 atom stereocenters. The predicted molar refractivity (Wildman–Crippen MR) is 78.8 cm³/mol. The van der Waals surface area contributed by atoms with Gasteiger partial charge in [-0.15, -0.1) is 11.3 Å². The molecule has 1 aromatic heterocycles. The molecule has 0 fully saturated rings. The molecule has 2 N–H and O–H groups in total. The molecule has 0 bridgehead atoms. The number of thiophene rings is 1. The van der Waals surface area contributed by atoms with Gasteiger partial charge in [-0.2, -0.15) is 0 Å². The summed E-state index contributed by atoms with van der Waals surface area (Å²) in [7, 11) is 0. The van der Waals surface area contributed by atoms with Crippen LogP contribution in [-0.4, -0.2) is 0 Å². The zero-order valence-electron chi connectivity index (χ0n) is 9.75. The molecule has 0 saturated carbocycles. The zero-order valence-corrected chi connectivity index (χ0v) is 12.1. The molecule has 18 heavy (non-hydrogen) atoms. The molecule has 0 spiro atoms. The Hall–Kier alpha value is -0.540. The average molecular weight is 298 g/mol. The number of hydrogen-bond acceptors (Lipinski definition) is 2. The minimum Gasteiger partial charge on any atom is -0.320 e.